The van der Waals surface area contributed by atoms with E-state index in [-0.39, 0.29) is 23.4 Å². The third-order valence-electron chi connectivity index (χ3n) is 3.93. The van der Waals surface area contributed by atoms with E-state index < -0.39 is 28.9 Å². The van der Waals surface area contributed by atoms with E-state index in [1.807, 2.05) is 6.92 Å². The van der Waals surface area contributed by atoms with Crippen molar-refractivity contribution in [2.75, 3.05) is 11.9 Å². The number of aromatic nitrogens is 1. The third-order valence-corrected chi connectivity index (χ3v) is 5.06. The first-order valence-electron chi connectivity index (χ1n) is 8.08. The maximum atomic E-state index is 12.4. The van der Waals surface area contributed by atoms with Gasteiger partial charge in [0.05, 0.1) is 23.3 Å². The predicted molar refractivity (Wildman–Crippen MR) is 100 cm³/mol. The molecule has 9 nitrogen and oxygen atoms in total. The maximum Gasteiger partial charge on any atom is 0.341 e. The van der Waals surface area contributed by atoms with Gasteiger partial charge in [-0.3, -0.25) is 24.3 Å². The molecule has 0 aliphatic carbocycles. The molecule has 2 aromatic heterocycles. The molecule has 0 aliphatic heterocycles. The summed E-state index contributed by atoms with van der Waals surface area (Å²) >= 11 is 1.22. The number of pyridine rings is 1. The minimum atomic E-state index is -0.617. The Kier molecular flexibility index (Phi) is 6.11. The summed E-state index contributed by atoms with van der Waals surface area (Å²) in [5, 5.41) is 13.9. The summed E-state index contributed by atoms with van der Waals surface area (Å²) < 4.78 is 5.98. The molecule has 2 aromatic rings. The van der Waals surface area contributed by atoms with Gasteiger partial charge in [0.15, 0.2) is 0 Å². The Bertz CT molecular complexity index is 976. The van der Waals surface area contributed by atoms with Gasteiger partial charge in [-0.05, 0) is 33.3 Å². The summed E-state index contributed by atoms with van der Waals surface area (Å²) in [5.41, 5.74) is 0.414. The van der Waals surface area contributed by atoms with Crippen molar-refractivity contribution in [2.24, 2.45) is 0 Å². The van der Waals surface area contributed by atoms with Gasteiger partial charge in [0.1, 0.15) is 11.5 Å². The highest BCUT2D eigenvalue weighted by Crippen LogP contribution is 2.33. The Morgan fingerprint density at radius 3 is 2.59 bits per heavy atom. The number of hydrogen-bond donors (Lipinski definition) is 1. The van der Waals surface area contributed by atoms with Crippen LogP contribution in [0.5, 0.6) is 0 Å². The highest BCUT2D eigenvalue weighted by molar-refractivity contribution is 7.16. The number of anilines is 1. The number of carbonyl (C=O) groups excluding carboxylic acids is 2. The molecule has 0 aromatic carbocycles. The molecular weight excluding hydrogens is 374 g/mol. The van der Waals surface area contributed by atoms with Crippen LogP contribution in [-0.4, -0.2) is 28.0 Å². The quantitative estimate of drug-likeness (QED) is 0.457. The number of nitro groups is 1. The zero-order valence-electron chi connectivity index (χ0n) is 15.3. The van der Waals surface area contributed by atoms with E-state index in [0.717, 1.165) is 21.7 Å². The van der Waals surface area contributed by atoms with Gasteiger partial charge in [-0.25, -0.2) is 4.79 Å². The third kappa shape index (κ3) is 4.40. The number of aryl methyl sites for hydroxylation is 2. The average molecular weight is 393 g/mol. The number of ether oxygens (including phenoxy) is 1. The highest BCUT2D eigenvalue weighted by Gasteiger charge is 2.22. The molecule has 1 amide bonds. The van der Waals surface area contributed by atoms with Crippen LogP contribution in [0.15, 0.2) is 17.1 Å². The SMILES string of the molecule is CCOC(=O)c1c(NC(=O)Cn2cc([N+](=O)[O-])c(C)cc2=O)sc(C)c1C. The molecule has 1 N–H and O–H groups in total. The van der Waals surface area contributed by atoms with Crippen molar-refractivity contribution in [2.45, 2.75) is 34.2 Å². The normalized spacial score (nSPS) is 10.5. The van der Waals surface area contributed by atoms with Crippen molar-refractivity contribution in [3.8, 4) is 0 Å². The number of amides is 1. The zero-order valence-corrected chi connectivity index (χ0v) is 16.1. The Balaban J connectivity index is 2.28. The molecule has 0 aliphatic rings. The lowest BCUT2D eigenvalue weighted by molar-refractivity contribution is -0.385. The number of thiophene rings is 1. The molecule has 27 heavy (non-hydrogen) atoms. The van der Waals surface area contributed by atoms with Crippen LogP contribution in [0.1, 0.15) is 33.3 Å². The molecule has 144 valence electrons. The fourth-order valence-electron chi connectivity index (χ4n) is 2.45. The van der Waals surface area contributed by atoms with Crippen molar-refractivity contribution >= 4 is 33.9 Å². The molecule has 2 heterocycles. The first-order chi connectivity index (χ1) is 12.6. The predicted octanol–water partition coefficient (Wildman–Crippen LogP) is 2.56. The van der Waals surface area contributed by atoms with E-state index in [1.54, 1.807) is 13.8 Å². The van der Waals surface area contributed by atoms with Crippen LogP contribution in [0, 0.1) is 30.9 Å². The van der Waals surface area contributed by atoms with Crippen LogP contribution in [-0.2, 0) is 16.1 Å². The fourth-order valence-corrected chi connectivity index (χ4v) is 3.52. The lowest BCUT2D eigenvalue weighted by atomic mass is 10.1. The number of rotatable bonds is 6. The van der Waals surface area contributed by atoms with E-state index >= 15 is 0 Å². The second-order valence-electron chi connectivity index (χ2n) is 5.82. The molecule has 0 radical (unpaired) electrons. The summed E-state index contributed by atoms with van der Waals surface area (Å²) in [6.07, 6.45) is 1.04. The molecule has 0 unspecified atom stereocenters. The minimum absolute atomic E-state index is 0.197. The number of esters is 1. The van der Waals surface area contributed by atoms with Gasteiger partial charge >= 0.3 is 5.97 Å². The standard InChI is InChI=1S/C17H19N3O6S/c1-5-26-17(23)15-10(3)11(4)27-16(15)18-13(21)8-19-7-12(20(24)25)9(2)6-14(19)22/h6-7H,5,8H2,1-4H3,(H,18,21). The molecular formula is C17H19N3O6S. The molecule has 0 saturated carbocycles. The largest absolute Gasteiger partial charge is 0.462 e. The van der Waals surface area contributed by atoms with Gasteiger partial charge in [0.2, 0.25) is 5.91 Å². The Hall–Kier alpha value is -3.01. The average Bonchev–Trinajstić information content (AvgIpc) is 2.84. The van der Waals surface area contributed by atoms with Crippen LogP contribution in [0.25, 0.3) is 0 Å². The lowest BCUT2D eigenvalue weighted by Crippen LogP contribution is -2.27. The summed E-state index contributed by atoms with van der Waals surface area (Å²) in [4.78, 5) is 47.8. The molecule has 0 fully saturated rings. The van der Waals surface area contributed by atoms with Crippen molar-refractivity contribution < 1.29 is 19.2 Å². The smallest absolute Gasteiger partial charge is 0.341 e. The van der Waals surface area contributed by atoms with Crippen molar-refractivity contribution in [1.82, 2.24) is 4.57 Å². The molecule has 2 rings (SSSR count). The van der Waals surface area contributed by atoms with E-state index in [1.165, 1.54) is 18.3 Å². The van der Waals surface area contributed by atoms with Gasteiger partial charge in [-0.15, -0.1) is 11.3 Å². The number of hydrogen-bond acceptors (Lipinski definition) is 7. The summed E-state index contributed by atoms with van der Waals surface area (Å²) in [6.45, 7) is 6.48. The Morgan fingerprint density at radius 1 is 1.33 bits per heavy atom. The molecule has 10 heteroatoms. The van der Waals surface area contributed by atoms with Crippen molar-refractivity contribution in [3.05, 3.63) is 54.3 Å². The summed E-state index contributed by atoms with van der Waals surface area (Å²) in [6, 6.07) is 1.11. The van der Waals surface area contributed by atoms with Crippen LogP contribution in [0.4, 0.5) is 10.7 Å². The van der Waals surface area contributed by atoms with E-state index in [9.17, 15) is 24.5 Å². The van der Waals surface area contributed by atoms with Crippen LogP contribution in [0.3, 0.4) is 0 Å². The van der Waals surface area contributed by atoms with Gasteiger partial charge in [0.25, 0.3) is 11.2 Å². The summed E-state index contributed by atoms with van der Waals surface area (Å²) in [5.74, 6) is -1.13. The maximum absolute atomic E-state index is 12.4. The number of carbonyl (C=O) groups is 2. The number of nitrogens with zero attached hydrogens (tertiary/aromatic N) is 2. The van der Waals surface area contributed by atoms with E-state index in [0.29, 0.717) is 10.6 Å². The monoisotopic (exact) mass is 393 g/mol. The van der Waals surface area contributed by atoms with Gasteiger partial charge < -0.3 is 10.1 Å². The zero-order chi connectivity index (χ0) is 20.3. The molecule has 0 bridgehead atoms. The Labute approximate surface area is 158 Å². The lowest BCUT2D eigenvalue weighted by Gasteiger charge is -2.09. The van der Waals surface area contributed by atoms with Crippen molar-refractivity contribution in [3.63, 3.8) is 0 Å². The van der Waals surface area contributed by atoms with Gasteiger partial charge in [-0.1, -0.05) is 0 Å². The molecule has 0 atom stereocenters. The second-order valence-corrected chi connectivity index (χ2v) is 7.05. The molecule has 0 saturated heterocycles. The molecule has 0 spiro atoms. The van der Waals surface area contributed by atoms with E-state index in [2.05, 4.69) is 5.32 Å². The van der Waals surface area contributed by atoms with Crippen LogP contribution >= 0.6 is 11.3 Å². The topological polar surface area (TPSA) is 121 Å². The summed E-state index contributed by atoms with van der Waals surface area (Å²) in [7, 11) is 0. The highest BCUT2D eigenvalue weighted by atomic mass is 32.1. The van der Waals surface area contributed by atoms with Crippen LogP contribution in [0.2, 0.25) is 0 Å². The second kappa shape index (κ2) is 8.12. The fraction of sp³-hybridized carbons (Fsp3) is 0.353. The first kappa shape index (κ1) is 20.3. The minimum Gasteiger partial charge on any atom is -0.462 e. The van der Waals surface area contributed by atoms with Gasteiger partial charge in [0, 0.05) is 16.5 Å². The van der Waals surface area contributed by atoms with Crippen LogP contribution < -0.4 is 10.9 Å². The first-order valence-corrected chi connectivity index (χ1v) is 8.89. The number of nitrogens with one attached hydrogen (secondary N) is 1. The Morgan fingerprint density at radius 2 is 2.00 bits per heavy atom. The van der Waals surface area contributed by atoms with Crippen molar-refractivity contribution in [1.29, 1.82) is 0 Å². The van der Waals surface area contributed by atoms with E-state index in [4.69, 9.17) is 4.74 Å². The van der Waals surface area contributed by atoms with Gasteiger partial charge in [-0.2, -0.15) is 0 Å².